The molecule has 1 fully saturated rings. The van der Waals surface area contributed by atoms with E-state index in [-0.39, 0.29) is 11.6 Å². The van der Waals surface area contributed by atoms with Crippen molar-refractivity contribution in [2.24, 2.45) is 5.92 Å². The van der Waals surface area contributed by atoms with Crippen LogP contribution < -0.4 is 14.8 Å². The minimum Gasteiger partial charge on any atom is -0.493 e. The van der Waals surface area contributed by atoms with Crippen LogP contribution in [0.3, 0.4) is 0 Å². The third-order valence-electron chi connectivity index (χ3n) is 6.89. The summed E-state index contributed by atoms with van der Waals surface area (Å²) in [5, 5.41) is 3.74. The second-order valence-electron chi connectivity index (χ2n) is 8.80. The number of benzene rings is 2. The van der Waals surface area contributed by atoms with E-state index in [0.717, 1.165) is 63.4 Å². The van der Waals surface area contributed by atoms with Gasteiger partial charge in [0.2, 0.25) is 0 Å². The highest BCUT2D eigenvalue weighted by Gasteiger charge is 2.31. The van der Waals surface area contributed by atoms with Crippen molar-refractivity contribution in [3.8, 4) is 11.5 Å². The molecule has 1 atom stereocenters. The largest absolute Gasteiger partial charge is 0.493 e. The van der Waals surface area contributed by atoms with E-state index in [1.165, 1.54) is 23.3 Å². The molecular formula is C26H33FN2O3. The quantitative estimate of drug-likeness (QED) is 0.617. The lowest BCUT2D eigenvalue weighted by atomic mass is 9.81. The van der Waals surface area contributed by atoms with Gasteiger partial charge in [-0.05, 0) is 105 Å². The zero-order valence-electron chi connectivity index (χ0n) is 19.0. The second-order valence-corrected chi connectivity index (χ2v) is 8.80. The summed E-state index contributed by atoms with van der Waals surface area (Å²) in [5.74, 6) is 1.97. The highest BCUT2D eigenvalue weighted by atomic mass is 19.1. The number of carbonyl (C=O) groups excluding carboxylic acids is 1. The number of rotatable bonds is 8. The maximum absolute atomic E-state index is 13.0. The molecule has 172 valence electrons. The first-order valence-electron chi connectivity index (χ1n) is 11.6. The molecule has 6 heteroatoms. The van der Waals surface area contributed by atoms with Crippen LogP contribution in [0.25, 0.3) is 0 Å². The van der Waals surface area contributed by atoms with Crippen molar-refractivity contribution in [3.05, 3.63) is 58.9 Å². The number of nitrogens with one attached hydrogen (secondary N) is 1. The summed E-state index contributed by atoms with van der Waals surface area (Å²) in [4.78, 5) is 14.8. The Balaban J connectivity index is 1.29. The maximum Gasteiger partial charge on any atom is 0.162 e. The van der Waals surface area contributed by atoms with E-state index < -0.39 is 0 Å². The molecular weight excluding hydrogens is 407 g/mol. The number of ketones is 1. The van der Waals surface area contributed by atoms with E-state index in [9.17, 15) is 9.18 Å². The van der Waals surface area contributed by atoms with E-state index in [0.29, 0.717) is 23.9 Å². The van der Waals surface area contributed by atoms with Crippen LogP contribution >= 0.6 is 0 Å². The molecule has 0 saturated carbocycles. The van der Waals surface area contributed by atoms with Crippen molar-refractivity contribution in [2.45, 2.75) is 38.1 Å². The van der Waals surface area contributed by atoms with Crippen LogP contribution in [0.1, 0.15) is 53.2 Å². The number of Topliss-reactive ketones (excluding diaryl/α,β-unsaturated/α-hetero) is 1. The Kier molecular flexibility index (Phi) is 7.43. The van der Waals surface area contributed by atoms with Crippen molar-refractivity contribution in [2.75, 3.05) is 40.4 Å². The molecule has 2 heterocycles. The Bertz CT molecular complexity index is 923. The predicted molar refractivity (Wildman–Crippen MR) is 123 cm³/mol. The highest BCUT2D eigenvalue weighted by Crippen LogP contribution is 2.40. The van der Waals surface area contributed by atoms with Gasteiger partial charge in [0, 0.05) is 18.0 Å². The molecule has 1 N–H and O–H groups in total. The number of carbonyl (C=O) groups is 1. The highest BCUT2D eigenvalue weighted by molar-refractivity contribution is 5.95. The van der Waals surface area contributed by atoms with Gasteiger partial charge in [0.25, 0.3) is 0 Å². The Morgan fingerprint density at radius 2 is 1.78 bits per heavy atom. The predicted octanol–water partition coefficient (Wildman–Crippen LogP) is 4.40. The van der Waals surface area contributed by atoms with Crippen LogP contribution in [-0.4, -0.2) is 51.1 Å². The maximum atomic E-state index is 13.0. The molecule has 0 spiro atoms. The van der Waals surface area contributed by atoms with E-state index in [4.69, 9.17) is 9.47 Å². The smallest absolute Gasteiger partial charge is 0.162 e. The van der Waals surface area contributed by atoms with Gasteiger partial charge in [-0.1, -0.05) is 0 Å². The van der Waals surface area contributed by atoms with Crippen molar-refractivity contribution in [3.63, 3.8) is 0 Å². The summed E-state index contributed by atoms with van der Waals surface area (Å²) in [5.41, 5.74) is 3.30. The molecule has 1 unspecified atom stereocenters. The molecule has 0 radical (unpaired) electrons. The molecule has 1 saturated heterocycles. The van der Waals surface area contributed by atoms with Gasteiger partial charge in [-0.15, -0.1) is 0 Å². The molecule has 5 nitrogen and oxygen atoms in total. The molecule has 32 heavy (non-hydrogen) atoms. The number of hydrogen-bond acceptors (Lipinski definition) is 5. The van der Waals surface area contributed by atoms with Gasteiger partial charge in [-0.2, -0.15) is 0 Å². The van der Waals surface area contributed by atoms with Gasteiger partial charge >= 0.3 is 0 Å². The van der Waals surface area contributed by atoms with Crippen molar-refractivity contribution in [1.29, 1.82) is 0 Å². The van der Waals surface area contributed by atoms with Gasteiger partial charge in [0.15, 0.2) is 17.3 Å². The lowest BCUT2D eigenvalue weighted by molar-refractivity contribution is 0.0967. The summed E-state index contributed by atoms with van der Waals surface area (Å²) < 4.78 is 24.1. The monoisotopic (exact) mass is 440 g/mol. The number of halogens is 1. The second kappa shape index (κ2) is 10.5. The van der Waals surface area contributed by atoms with Crippen LogP contribution in [0, 0.1) is 11.7 Å². The summed E-state index contributed by atoms with van der Waals surface area (Å²) in [7, 11) is 3.38. The number of ether oxygens (including phenoxy) is 2. The van der Waals surface area contributed by atoms with Gasteiger partial charge in [0.05, 0.1) is 14.2 Å². The van der Waals surface area contributed by atoms with Gasteiger partial charge in [-0.25, -0.2) is 4.39 Å². The minimum atomic E-state index is -0.308. The first kappa shape index (κ1) is 22.7. The Labute approximate surface area is 189 Å². The minimum absolute atomic E-state index is 0.0901. The molecule has 2 aliphatic heterocycles. The SMILES string of the molecule is COc1cc2c(cc1OC)C(C1CCN(CCCC(=O)c3ccc(F)cc3)CC1)NCC2. The lowest BCUT2D eigenvalue weighted by Crippen LogP contribution is -2.41. The first-order valence-corrected chi connectivity index (χ1v) is 11.6. The summed E-state index contributed by atoms with van der Waals surface area (Å²) in [6.45, 7) is 4.02. The van der Waals surface area contributed by atoms with Crippen LogP contribution in [0.5, 0.6) is 11.5 Å². The van der Waals surface area contributed by atoms with Crippen LogP contribution in [0.4, 0.5) is 4.39 Å². The summed E-state index contributed by atoms with van der Waals surface area (Å²) in [6.07, 6.45) is 4.62. The zero-order chi connectivity index (χ0) is 22.5. The number of nitrogens with zero attached hydrogens (tertiary/aromatic N) is 1. The third kappa shape index (κ3) is 5.13. The van der Waals surface area contributed by atoms with Crippen molar-refractivity contribution < 1.29 is 18.7 Å². The Hall–Kier alpha value is -2.44. The average molecular weight is 441 g/mol. The van der Waals surface area contributed by atoms with Crippen LogP contribution in [0.2, 0.25) is 0 Å². The number of hydrogen-bond donors (Lipinski definition) is 1. The fraction of sp³-hybridized carbons (Fsp3) is 0.500. The normalized spacial score (nSPS) is 19.4. The van der Waals surface area contributed by atoms with E-state index in [1.54, 1.807) is 26.4 Å². The van der Waals surface area contributed by atoms with E-state index >= 15 is 0 Å². The molecule has 2 aromatic carbocycles. The molecule has 0 aliphatic carbocycles. The summed E-state index contributed by atoms with van der Waals surface area (Å²) >= 11 is 0. The fourth-order valence-electron chi connectivity index (χ4n) is 5.09. The van der Waals surface area contributed by atoms with E-state index in [1.807, 2.05) is 0 Å². The Morgan fingerprint density at radius 1 is 1.09 bits per heavy atom. The molecule has 0 aromatic heterocycles. The number of methoxy groups -OCH3 is 2. The standard InChI is InChI=1S/C26H33FN2O3/c1-31-24-16-20-9-12-28-26(22(20)17-25(24)32-2)19-10-14-29(15-11-19)13-3-4-23(30)18-5-7-21(27)8-6-18/h5-8,16-17,19,26,28H,3-4,9-15H2,1-2H3. The molecule has 0 amide bonds. The summed E-state index contributed by atoms with van der Waals surface area (Å²) in [6, 6.07) is 10.5. The lowest BCUT2D eigenvalue weighted by Gasteiger charge is -2.39. The fourth-order valence-corrected chi connectivity index (χ4v) is 5.09. The molecule has 2 aromatic rings. The molecule has 2 aliphatic rings. The number of likely N-dealkylation sites (tertiary alicyclic amines) is 1. The average Bonchev–Trinajstić information content (AvgIpc) is 2.83. The van der Waals surface area contributed by atoms with E-state index in [2.05, 4.69) is 22.3 Å². The van der Waals surface area contributed by atoms with Crippen molar-refractivity contribution in [1.82, 2.24) is 10.2 Å². The topological polar surface area (TPSA) is 50.8 Å². The van der Waals surface area contributed by atoms with Crippen molar-refractivity contribution >= 4 is 5.78 Å². The van der Waals surface area contributed by atoms with Crippen LogP contribution in [-0.2, 0) is 6.42 Å². The zero-order valence-corrected chi connectivity index (χ0v) is 19.0. The van der Waals surface area contributed by atoms with Gasteiger partial charge in [0.1, 0.15) is 5.82 Å². The first-order chi connectivity index (χ1) is 15.6. The number of piperidine rings is 1. The van der Waals surface area contributed by atoms with Gasteiger partial charge < -0.3 is 19.7 Å². The molecule has 4 rings (SSSR count). The van der Waals surface area contributed by atoms with Crippen LogP contribution in [0.15, 0.2) is 36.4 Å². The van der Waals surface area contributed by atoms with Gasteiger partial charge in [-0.3, -0.25) is 4.79 Å². The number of fused-ring (bicyclic) bond motifs is 1. The Morgan fingerprint density at radius 3 is 2.47 bits per heavy atom. The third-order valence-corrected chi connectivity index (χ3v) is 6.89. The molecule has 0 bridgehead atoms.